The van der Waals surface area contributed by atoms with Gasteiger partial charge >= 0.3 is 0 Å². The van der Waals surface area contributed by atoms with Gasteiger partial charge in [-0.2, -0.15) is 5.26 Å². The lowest BCUT2D eigenvalue weighted by atomic mass is 10.1. The van der Waals surface area contributed by atoms with E-state index in [1.165, 1.54) is 12.1 Å². The Morgan fingerprint density at radius 3 is 2.80 bits per heavy atom. The molecule has 1 unspecified atom stereocenters. The standard InChI is InChI=1S/C10H6Br2FNO/c11-4-8(12)10(15)6-1-2-9(13)7(3-6)5-14/h1-3,8H,4H2. The number of rotatable bonds is 3. The molecule has 78 valence electrons. The van der Waals surface area contributed by atoms with Gasteiger partial charge in [-0.3, -0.25) is 4.79 Å². The van der Waals surface area contributed by atoms with Crippen LogP contribution in [0.5, 0.6) is 0 Å². The van der Waals surface area contributed by atoms with Gasteiger partial charge in [-0.05, 0) is 18.2 Å². The average Bonchev–Trinajstić information content (AvgIpc) is 2.27. The van der Waals surface area contributed by atoms with E-state index < -0.39 is 5.82 Å². The molecule has 0 heterocycles. The monoisotopic (exact) mass is 333 g/mol. The molecule has 5 heteroatoms. The molecule has 0 radical (unpaired) electrons. The second kappa shape index (κ2) is 5.38. The van der Waals surface area contributed by atoms with Crippen LogP contribution in [0.2, 0.25) is 0 Å². The number of hydrogen-bond acceptors (Lipinski definition) is 2. The summed E-state index contributed by atoms with van der Waals surface area (Å²) in [6.45, 7) is 0. The zero-order chi connectivity index (χ0) is 11.4. The Morgan fingerprint density at radius 2 is 2.27 bits per heavy atom. The quantitative estimate of drug-likeness (QED) is 0.629. The van der Waals surface area contributed by atoms with Crippen LogP contribution in [0.3, 0.4) is 0 Å². The molecule has 1 atom stereocenters. The molecule has 0 aliphatic carbocycles. The minimum Gasteiger partial charge on any atom is -0.293 e. The number of halogens is 3. The maximum absolute atomic E-state index is 13.0. The van der Waals surface area contributed by atoms with Gasteiger partial charge in [0.15, 0.2) is 5.78 Å². The van der Waals surface area contributed by atoms with E-state index in [0.717, 1.165) is 6.07 Å². The molecule has 15 heavy (non-hydrogen) atoms. The lowest BCUT2D eigenvalue weighted by molar-refractivity contribution is 0.0997. The van der Waals surface area contributed by atoms with E-state index in [-0.39, 0.29) is 16.2 Å². The van der Waals surface area contributed by atoms with Crippen molar-refractivity contribution < 1.29 is 9.18 Å². The van der Waals surface area contributed by atoms with Crippen LogP contribution >= 0.6 is 31.9 Å². The molecule has 0 amide bonds. The smallest absolute Gasteiger partial charge is 0.177 e. The van der Waals surface area contributed by atoms with Crippen LogP contribution < -0.4 is 0 Å². The van der Waals surface area contributed by atoms with E-state index in [1.54, 1.807) is 6.07 Å². The molecule has 0 spiro atoms. The minimum absolute atomic E-state index is 0.116. The van der Waals surface area contributed by atoms with Crippen LogP contribution in [0.15, 0.2) is 18.2 Å². The Morgan fingerprint density at radius 1 is 1.60 bits per heavy atom. The van der Waals surface area contributed by atoms with Crippen LogP contribution in [0.4, 0.5) is 4.39 Å². The number of Topliss-reactive ketones (excluding diaryl/α,β-unsaturated/α-hetero) is 1. The zero-order valence-corrected chi connectivity index (χ0v) is 10.7. The molecular weight excluding hydrogens is 329 g/mol. The van der Waals surface area contributed by atoms with E-state index in [4.69, 9.17) is 5.26 Å². The summed E-state index contributed by atoms with van der Waals surface area (Å²) < 4.78 is 13.0. The SMILES string of the molecule is N#Cc1cc(C(=O)C(Br)CBr)ccc1F. The third-order valence-electron chi connectivity index (χ3n) is 1.79. The largest absolute Gasteiger partial charge is 0.293 e. The van der Waals surface area contributed by atoms with Crippen LogP contribution in [0, 0.1) is 17.1 Å². The van der Waals surface area contributed by atoms with Gasteiger partial charge < -0.3 is 0 Å². The Hall–Kier alpha value is -0.730. The summed E-state index contributed by atoms with van der Waals surface area (Å²) in [5.41, 5.74) is 0.212. The zero-order valence-electron chi connectivity index (χ0n) is 7.51. The number of nitriles is 1. The predicted molar refractivity (Wildman–Crippen MR) is 62.0 cm³/mol. The summed E-state index contributed by atoms with van der Waals surface area (Å²) in [6, 6.07) is 5.45. The van der Waals surface area contributed by atoms with Crippen molar-refractivity contribution in [1.82, 2.24) is 0 Å². The molecule has 1 rings (SSSR count). The molecule has 0 bridgehead atoms. The third kappa shape index (κ3) is 2.86. The fourth-order valence-corrected chi connectivity index (χ4v) is 1.57. The molecule has 0 saturated heterocycles. The van der Waals surface area contributed by atoms with E-state index in [2.05, 4.69) is 31.9 Å². The van der Waals surface area contributed by atoms with Crippen molar-refractivity contribution in [1.29, 1.82) is 5.26 Å². The topological polar surface area (TPSA) is 40.9 Å². The molecule has 0 N–H and O–H groups in total. The highest BCUT2D eigenvalue weighted by molar-refractivity contribution is 9.12. The van der Waals surface area contributed by atoms with Crippen LogP contribution in [0.1, 0.15) is 15.9 Å². The van der Waals surface area contributed by atoms with Crippen LogP contribution in [0.25, 0.3) is 0 Å². The van der Waals surface area contributed by atoms with Crippen molar-refractivity contribution in [3.8, 4) is 6.07 Å². The lowest BCUT2D eigenvalue weighted by Gasteiger charge is -2.05. The molecule has 0 aliphatic heterocycles. The first-order chi connectivity index (χ1) is 7.10. The van der Waals surface area contributed by atoms with Gasteiger partial charge in [0.25, 0.3) is 0 Å². The summed E-state index contributed by atoms with van der Waals surface area (Å²) in [4.78, 5) is 11.3. The van der Waals surface area contributed by atoms with Gasteiger partial charge in [0.05, 0.1) is 10.4 Å². The number of nitrogens with zero attached hydrogens (tertiary/aromatic N) is 1. The van der Waals surface area contributed by atoms with Gasteiger partial charge in [-0.15, -0.1) is 0 Å². The van der Waals surface area contributed by atoms with Crippen molar-refractivity contribution in [2.24, 2.45) is 0 Å². The highest BCUT2D eigenvalue weighted by atomic mass is 79.9. The molecule has 2 nitrogen and oxygen atoms in total. The Kier molecular flexibility index (Phi) is 4.43. The van der Waals surface area contributed by atoms with Crippen molar-refractivity contribution >= 4 is 37.6 Å². The fourth-order valence-electron chi connectivity index (χ4n) is 1.02. The van der Waals surface area contributed by atoms with E-state index in [9.17, 15) is 9.18 Å². The second-order valence-corrected chi connectivity index (χ2v) is 4.55. The fraction of sp³-hybridized carbons (Fsp3) is 0.200. The van der Waals surface area contributed by atoms with Crippen molar-refractivity contribution in [2.45, 2.75) is 4.83 Å². The van der Waals surface area contributed by atoms with Crippen molar-refractivity contribution in [3.63, 3.8) is 0 Å². The third-order valence-corrected chi connectivity index (χ3v) is 4.05. The second-order valence-electron chi connectivity index (χ2n) is 2.79. The number of alkyl halides is 2. The van der Waals surface area contributed by atoms with Gasteiger partial charge in [-0.1, -0.05) is 31.9 Å². The maximum atomic E-state index is 13.0. The number of ketones is 1. The minimum atomic E-state index is -0.612. The van der Waals surface area contributed by atoms with Gasteiger partial charge in [0, 0.05) is 10.9 Å². The molecule has 1 aromatic carbocycles. The van der Waals surface area contributed by atoms with E-state index in [0.29, 0.717) is 10.9 Å². The Bertz CT molecular complexity index is 428. The number of carbonyl (C=O) groups excluding carboxylic acids is 1. The van der Waals surface area contributed by atoms with E-state index >= 15 is 0 Å². The van der Waals surface area contributed by atoms with Gasteiger partial charge in [-0.25, -0.2) is 4.39 Å². The predicted octanol–water partition coefficient (Wildman–Crippen LogP) is 3.04. The summed E-state index contributed by atoms with van der Waals surface area (Å²) in [7, 11) is 0. The molecule has 0 fully saturated rings. The average molecular weight is 335 g/mol. The van der Waals surface area contributed by atoms with Gasteiger partial charge in [0.1, 0.15) is 11.9 Å². The van der Waals surface area contributed by atoms with Crippen molar-refractivity contribution in [2.75, 3.05) is 5.33 Å². The van der Waals surface area contributed by atoms with Gasteiger partial charge in [0.2, 0.25) is 0 Å². The highest BCUT2D eigenvalue weighted by Gasteiger charge is 2.16. The normalized spacial score (nSPS) is 11.9. The molecular formula is C10H6Br2FNO. The Labute approximate surface area is 103 Å². The Balaban J connectivity index is 3.07. The number of hydrogen-bond donors (Lipinski definition) is 0. The highest BCUT2D eigenvalue weighted by Crippen LogP contribution is 2.15. The first-order valence-electron chi connectivity index (χ1n) is 4.04. The maximum Gasteiger partial charge on any atom is 0.177 e. The molecule has 1 aromatic rings. The molecule has 0 saturated carbocycles. The summed E-state index contributed by atoms with van der Waals surface area (Å²) in [5, 5.41) is 9.06. The van der Waals surface area contributed by atoms with Crippen LogP contribution in [-0.2, 0) is 0 Å². The summed E-state index contributed by atoms with van der Waals surface area (Å²) >= 11 is 6.33. The van der Waals surface area contributed by atoms with Crippen LogP contribution in [-0.4, -0.2) is 15.9 Å². The summed E-state index contributed by atoms with van der Waals surface area (Å²) in [5.74, 6) is -0.789. The molecule has 0 aliphatic rings. The van der Waals surface area contributed by atoms with Crippen molar-refractivity contribution in [3.05, 3.63) is 35.1 Å². The lowest BCUT2D eigenvalue weighted by Crippen LogP contribution is -2.15. The first-order valence-corrected chi connectivity index (χ1v) is 6.07. The molecule has 0 aromatic heterocycles. The first kappa shape index (κ1) is 12.3. The number of carbonyl (C=O) groups is 1. The van der Waals surface area contributed by atoms with E-state index in [1.807, 2.05) is 0 Å². The summed E-state index contributed by atoms with van der Waals surface area (Å²) in [6.07, 6.45) is 0. The number of benzene rings is 1.